The highest BCUT2D eigenvalue weighted by Gasteiger charge is 2.18. The average Bonchev–Trinajstić information content (AvgIpc) is 2.89. The highest BCUT2D eigenvalue weighted by Crippen LogP contribution is 2.27. The van der Waals surface area contributed by atoms with E-state index in [2.05, 4.69) is 50.3 Å². The second-order valence-corrected chi connectivity index (χ2v) is 8.77. The van der Waals surface area contributed by atoms with E-state index in [-0.39, 0.29) is 11.3 Å². The van der Waals surface area contributed by atoms with Crippen molar-refractivity contribution in [2.24, 2.45) is 0 Å². The van der Waals surface area contributed by atoms with Crippen LogP contribution in [0, 0.1) is 22.7 Å². The number of rotatable bonds is 11. The molecule has 0 N–H and O–H groups in total. The Morgan fingerprint density at radius 1 is 0.714 bits per heavy atom. The number of esters is 1. The van der Waals surface area contributed by atoms with E-state index in [0.717, 1.165) is 48.8 Å². The Kier molecular flexibility index (Phi) is 9.64. The van der Waals surface area contributed by atoms with Crippen LogP contribution in [0.2, 0.25) is 0 Å². The maximum atomic E-state index is 12.8. The minimum absolute atomic E-state index is 0.116. The summed E-state index contributed by atoms with van der Waals surface area (Å²) < 4.78 is 5.54. The van der Waals surface area contributed by atoms with Crippen molar-refractivity contribution >= 4 is 5.97 Å². The normalized spacial score (nSPS) is 10.4. The molecule has 0 aromatic heterocycles. The Bertz CT molecular complexity index is 1210. The topological polar surface area (TPSA) is 73.9 Å². The summed E-state index contributed by atoms with van der Waals surface area (Å²) in [5.41, 5.74) is 5.06. The maximum Gasteiger partial charge on any atom is 0.343 e. The number of ether oxygens (including phenoxy) is 1. The second-order valence-electron chi connectivity index (χ2n) is 8.77. The van der Waals surface area contributed by atoms with Gasteiger partial charge in [-0.2, -0.15) is 10.5 Å². The molecule has 4 nitrogen and oxygen atoms in total. The van der Waals surface area contributed by atoms with Gasteiger partial charge in [-0.3, -0.25) is 0 Å². The van der Waals surface area contributed by atoms with Gasteiger partial charge in [0.05, 0.1) is 11.1 Å². The Balaban J connectivity index is 1.72. The minimum Gasteiger partial charge on any atom is -0.421 e. The molecule has 0 spiro atoms. The lowest BCUT2D eigenvalue weighted by Crippen LogP contribution is -2.10. The summed E-state index contributed by atoms with van der Waals surface area (Å²) in [7, 11) is 0. The highest BCUT2D eigenvalue weighted by molar-refractivity contribution is 5.92. The molecule has 3 aromatic rings. The summed E-state index contributed by atoms with van der Waals surface area (Å²) in [5.74, 6) is -0.432. The number of hydrogen-bond acceptors (Lipinski definition) is 4. The molecule has 0 saturated heterocycles. The van der Waals surface area contributed by atoms with Gasteiger partial charge in [-0.25, -0.2) is 4.79 Å². The summed E-state index contributed by atoms with van der Waals surface area (Å²) in [6.07, 6.45) is 8.57. The highest BCUT2D eigenvalue weighted by atomic mass is 16.5. The molecular weight excluding hydrogens is 432 g/mol. The van der Waals surface area contributed by atoms with Crippen molar-refractivity contribution in [1.29, 1.82) is 10.5 Å². The van der Waals surface area contributed by atoms with Crippen LogP contribution in [-0.2, 0) is 12.8 Å². The minimum atomic E-state index is -0.554. The average molecular weight is 465 g/mol. The third-order valence-corrected chi connectivity index (χ3v) is 6.21. The molecule has 4 heteroatoms. The van der Waals surface area contributed by atoms with E-state index in [1.807, 2.05) is 12.1 Å². The van der Waals surface area contributed by atoms with Gasteiger partial charge < -0.3 is 4.74 Å². The van der Waals surface area contributed by atoms with Crippen LogP contribution >= 0.6 is 0 Å². The lowest BCUT2D eigenvalue weighted by Gasteiger charge is -2.11. The van der Waals surface area contributed by atoms with E-state index in [9.17, 15) is 15.3 Å². The largest absolute Gasteiger partial charge is 0.421 e. The SMILES string of the molecule is CCCCCc1ccc(-c2ccc(C(=O)Oc3ccc(CCCCC)c(C#N)c3C#N)cc2)cc1. The first-order chi connectivity index (χ1) is 17.1. The lowest BCUT2D eigenvalue weighted by molar-refractivity contribution is 0.0734. The molecule has 0 aliphatic carbocycles. The molecular formula is C31H32N2O2. The first kappa shape index (κ1) is 25.7. The number of hydrogen-bond donors (Lipinski definition) is 0. The quantitative estimate of drug-likeness (QED) is 0.165. The van der Waals surface area contributed by atoms with Gasteiger partial charge in [-0.1, -0.05) is 82.0 Å². The maximum absolute atomic E-state index is 12.8. The number of carbonyl (C=O) groups is 1. The summed E-state index contributed by atoms with van der Waals surface area (Å²) >= 11 is 0. The molecule has 0 unspecified atom stereocenters. The molecule has 0 aliphatic rings. The molecule has 0 amide bonds. The van der Waals surface area contributed by atoms with E-state index in [0.29, 0.717) is 11.1 Å². The van der Waals surface area contributed by atoms with Crippen LogP contribution in [0.1, 0.15) is 85.0 Å². The Hall–Kier alpha value is -3.89. The molecule has 0 atom stereocenters. The fourth-order valence-electron chi connectivity index (χ4n) is 4.12. The van der Waals surface area contributed by atoms with E-state index in [4.69, 9.17) is 4.74 Å². The predicted octanol–water partition coefficient (Wildman–Crippen LogP) is 7.78. The fourth-order valence-corrected chi connectivity index (χ4v) is 4.12. The molecule has 3 aromatic carbocycles. The van der Waals surface area contributed by atoms with Gasteiger partial charge in [0.1, 0.15) is 23.5 Å². The van der Waals surface area contributed by atoms with Crippen molar-refractivity contribution in [1.82, 2.24) is 0 Å². The molecule has 0 heterocycles. The lowest BCUT2D eigenvalue weighted by atomic mass is 9.97. The molecule has 3 rings (SSSR count). The summed E-state index contributed by atoms with van der Waals surface area (Å²) in [5, 5.41) is 19.3. The van der Waals surface area contributed by atoms with E-state index in [1.54, 1.807) is 24.3 Å². The zero-order chi connectivity index (χ0) is 25.0. The van der Waals surface area contributed by atoms with Gasteiger partial charge in [-0.15, -0.1) is 0 Å². The second kappa shape index (κ2) is 13.1. The Labute approximate surface area is 208 Å². The van der Waals surface area contributed by atoms with E-state index < -0.39 is 5.97 Å². The summed E-state index contributed by atoms with van der Waals surface area (Å²) in [4.78, 5) is 12.8. The van der Waals surface area contributed by atoms with Crippen molar-refractivity contribution in [2.45, 2.75) is 65.2 Å². The van der Waals surface area contributed by atoms with Gasteiger partial charge in [0.25, 0.3) is 0 Å². The summed E-state index contributed by atoms with van der Waals surface area (Å²) in [6.45, 7) is 4.33. The molecule has 0 radical (unpaired) electrons. The van der Waals surface area contributed by atoms with Crippen molar-refractivity contribution in [2.75, 3.05) is 0 Å². The van der Waals surface area contributed by atoms with Gasteiger partial charge in [0.15, 0.2) is 0 Å². The molecule has 178 valence electrons. The van der Waals surface area contributed by atoms with Crippen LogP contribution in [0.4, 0.5) is 0 Å². The number of aryl methyl sites for hydroxylation is 2. The monoisotopic (exact) mass is 464 g/mol. The van der Waals surface area contributed by atoms with Gasteiger partial charge in [0.2, 0.25) is 0 Å². The van der Waals surface area contributed by atoms with E-state index in [1.165, 1.54) is 24.8 Å². The summed E-state index contributed by atoms with van der Waals surface area (Å²) in [6, 6.07) is 23.4. The van der Waals surface area contributed by atoms with Crippen LogP contribution in [0.25, 0.3) is 11.1 Å². The van der Waals surface area contributed by atoms with Crippen LogP contribution in [0.3, 0.4) is 0 Å². The number of nitriles is 2. The smallest absolute Gasteiger partial charge is 0.343 e. The zero-order valence-corrected chi connectivity index (χ0v) is 20.6. The Morgan fingerprint density at radius 3 is 1.86 bits per heavy atom. The number of unbranched alkanes of at least 4 members (excludes halogenated alkanes) is 4. The van der Waals surface area contributed by atoms with Gasteiger partial charge in [-0.05, 0) is 66.1 Å². The van der Waals surface area contributed by atoms with Crippen LogP contribution in [0.5, 0.6) is 5.75 Å². The first-order valence-corrected chi connectivity index (χ1v) is 12.5. The Morgan fingerprint density at radius 2 is 1.29 bits per heavy atom. The molecule has 0 aliphatic heterocycles. The van der Waals surface area contributed by atoms with Crippen molar-refractivity contribution in [3.8, 4) is 29.0 Å². The molecule has 35 heavy (non-hydrogen) atoms. The standard InChI is InChI=1S/C31H32N2O2/c1-3-5-7-9-23-11-13-24(14-12-23)25-15-17-27(18-16-25)31(34)35-30-20-19-26(10-8-6-4-2)28(21-32)29(30)22-33/h11-20H,3-10H2,1-2H3. The zero-order valence-electron chi connectivity index (χ0n) is 20.6. The van der Waals surface area contributed by atoms with Crippen LogP contribution < -0.4 is 4.74 Å². The van der Waals surface area contributed by atoms with Gasteiger partial charge in [0, 0.05) is 0 Å². The van der Waals surface area contributed by atoms with Crippen molar-refractivity contribution < 1.29 is 9.53 Å². The van der Waals surface area contributed by atoms with E-state index >= 15 is 0 Å². The molecule has 0 saturated carbocycles. The number of benzene rings is 3. The van der Waals surface area contributed by atoms with Crippen LogP contribution in [0.15, 0.2) is 60.7 Å². The van der Waals surface area contributed by atoms with Crippen molar-refractivity contribution in [3.63, 3.8) is 0 Å². The number of carbonyl (C=O) groups excluding carboxylic acids is 1. The van der Waals surface area contributed by atoms with Crippen LogP contribution in [-0.4, -0.2) is 5.97 Å². The van der Waals surface area contributed by atoms with Crippen molar-refractivity contribution in [3.05, 3.63) is 88.5 Å². The number of nitrogens with zero attached hydrogens (tertiary/aromatic N) is 2. The molecule has 0 fully saturated rings. The molecule has 0 bridgehead atoms. The third kappa shape index (κ3) is 6.81. The fraction of sp³-hybridized carbons (Fsp3) is 0.323. The predicted molar refractivity (Wildman–Crippen MR) is 139 cm³/mol. The van der Waals surface area contributed by atoms with Gasteiger partial charge >= 0.3 is 5.97 Å². The first-order valence-electron chi connectivity index (χ1n) is 12.5. The third-order valence-electron chi connectivity index (χ3n) is 6.21.